The number of nitrogens with one attached hydrogen (secondary N) is 1. The van der Waals surface area contributed by atoms with Crippen molar-refractivity contribution in [3.05, 3.63) is 21.9 Å². The van der Waals surface area contributed by atoms with Gasteiger partial charge in [-0.3, -0.25) is 4.79 Å². The highest BCUT2D eigenvalue weighted by Crippen LogP contribution is 2.32. The van der Waals surface area contributed by atoms with Crippen molar-refractivity contribution in [2.75, 3.05) is 0 Å². The molecule has 0 aromatic carbocycles. The highest BCUT2D eigenvalue weighted by atomic mass is 32.1. The number of fused-ring (bicyclic) bond motifs is 1. The summed E-state index contributed by atoms with van der Waals surface area (Å²) in [6.45, 7) is 1.58. The largest absolute Gasteiger partial charge is 0.350 e. The molecule has 1 aliphatic carbocycles. The molecule has 1 aliphatic rings. The number of aryl methyl sites for hydroxylation is 1. The van der Waals surface area contributed by atoms with Crippen LogP contribution in [0.3, 0.4) is 0 Å². The zero-order chi connectivity index (χ0) is 9.26. The third-order valence-corrected chi connectivity index (χ3v) is 3.43. The van der Waals surface area contributed by atoms with Crippen LogP contribution in [0.15, 0.2) is 11.4 Å². The lowest BCUT2D eigenvalue weighted by Gasteiger charge is -2.22. The molecule has 2 rings (SSSR count). The van der Waals surface area contributed by atoms with Crippen LogP contribution in [-0.4, -0.2) is 5.91 Å². The molecule has 1 N–H and O–H groups in total. The smallest absolute Gasteiger partial charge is 0.217 e. The van der Waals surface area contributed by atoms with Crippen LogP contribution < -0.4 is 5.32 Å². The Morgan fingerprint density at radius 1 is 1.69 bits per heavy atom. The van der Waals surface area contributed by atoms with E-state index < -0.39 is 0 Å². The Hall–Kier alpha value is -0.830. The lowest BCUT2D eigenvalue weighted by molar-refractivity contribution is -0.119. The van der Waals surface area contributed by atoms with Crippen LogP contribution in [0.1, 0.15) is 36.2 Å². The summed E-state index contributed by atoms with van der Waals surface area (Å²) < 4.78 is 0. The summed E-state index contributed by atoms with van der Waals surface area (Å²) in [5.74, 6) is 0.0732. The van der Waals surface area contributed by atoms with E-state index in [1.54, 1.807) is 18.3 Å². The molecule has 0 spiro atoms. The molecule has 0 bridgehead atoms. The van der Waals surface area contributed by atoms with Crippen molar-refractivity contribution in [2.45, 2.75) is 32.2 Å². The molecular formula is C10H13NOS. The van der Waals surface area contributed by atoms with Crippen LogP contribution in [0.5, 0.6) is 0 Å². The zero-order valence-corrected chi connectivity index (χ0v) is 8.49. The summed E-state index contributed by atoms with van der Waals surface area (Å²) in [5, 5.41) is 5.11. The maximum Gasteiger partial charge on any atom is 0.217 e. The molecule has 1 aromatic heterocycles. The van der Waals surface area contributed by atoms with Gasteiger partial charge in [0, 0.05) is 11.8 Å². The van der Waals surface area contributed by atoms with Crippen molar-refractivity contribution in [2.24, 2.45) is 0 Å². The average molecular weight is 195 g/mol. The van der Waals surface area contributed by atoms with Gasteiger partial charge in [0.2, 0.25) is 5.91 Å². The minimum absolute atomic E-state index is 0.0732. The Kier molecular flexibility index (Phi) is 2.36. The Labute approximate surface area is 82.0 Å². The second-order valence-electron chi connectivity index (χ2n) is 3.44. The van der Waals surface area contributed by atoms with Gasteiger partial charge in [0.1, 0.15) is 0 Å². The number of carbonyl (C=O) groups excluding carboxylic acids is 1. The normalized spacial score (nSPS) is 20.8. The number of carbonyl (C=O) groups is 1. The van der Waals surface area contributed by atoms with Gasteiger partial charge in [0.25, 0.3) is 0 Å². The molecular weight excluding hydrogens is 182 g/mol. The van der Waals surface area contributed by atoms with Crippen molar-refractivity contribution < 1.29 is 4.79 Å². The second kappa shape index (κ2) is 3.50. The van der Waals surface area contributed by atoms with Gasteiger partial charge in [-0.05, 0) is 36.3 Å². The molecule has 1 heterocycles. The summed E-state index contributed by atoms with van der Waals surface area (Å²) in [4.78, 5) is 12.4. The molecule has 1 atom stereocenters. The van der Waals surface area contributed by atoms with Crippen molar-refractivity contribution >= 4 is 17.2 Å². The second-order valence-corrected chi connectivity index (χ2v) is 4.45. The molecule has 0 radical (unpaired) electrons. The molecule has 13 heavy (non-hydrogen) atoms. The van der Waals surface area contributed by atoms with Gasteiger partial charge in [0.05, 0.1) is 6.04 Å². The van der Waals surface area contributed by atoms with Gasteiger partial charge in [-0.25, -0.2) is 0 Å². The molecule has 0 saturated heterocycles. The van der Waals surface area contributed by atoms with E-state index in [4.69, 9.17) is 0 Å². The van der Waals surface area contributed by atoms with Crippen LogP contribution >= 0.6 is 11.3 Å². The predicted octanol–water partition coefficient (Wildman–Crippen LogP) is 2.26. The lowest BCUT2D eigenvalue weighted by atomic mass is 9.94. The van der Waals surface area contributed by atoms with Crippen LogP contribution in [0.2, 0.25) is 0 Å². The van der Waals surface area contributed by atoms with E-state index in [-0.39, 0.29) is 11.9 Å². The van der Waals surface area contributed by atoms with Crippen LogP contribution in [0, 0.1) is 0 Å². The average Bonchev–Trinajstić information content (AvgIpc) is 2.51. The van der Waals surface area contributed by atoms with Gasteiger partial charge in [-0.15, -0.1) is 11.3 Å². The van der Waals surface area contributed by atoms with Crippen LogP contribution in [0.25, 0.3) is 0 Å². The van der Waals surface area contributed by atoms with Gasteiger partial charge >= 0.3 is 0 Å². The fourth-order valence-electron chi connectivity index (χ4n) is 1.88. The minimum atomic E-state index is 0.0732. The van der Waals surface area contributed by atoms with E-state index in [0.717, 1.165) is 6.42 Å². The third kappa shape index (κ3) is 1.75. The van der Waals surface area contributed by atoms with Gasteiger partial charge in [0.15, 0.2) is 0 Å². The highest BCUT2D eigenvalue weighted by Gasteiger charge is 2.21. The molecule has 0 fully saturated rings. The topological polar surface area (TPSA) is 29.1 Å². The Balaban J connectivity index is 2.20. The number of thiophene rings is 1. The van der Waals surface area contributed by atoms with E-state index in [1.807, 2.05) is 0 Å². The maximum atomic E-state index is 10.9. The predicted molar refractivity (Wildman–Crippen MR) is 53.8 cm³/mol. The van der Waals surface area contributed by atoms with Crippen molar-refractivity contribution in [3.63, 3.8) is 0 Å². The number of rotatable bonds is 1. The number of amides is 1. The Morgan fingerprint density at radius 3 is 3.31 bits per heavy atom. The number of hydrogen-bond donors (Lipinski definition) is 1. The van der Waals surface area contributed by atoms with E-state index in [0.29, 0.717) is 0 Å². The molecule has 2 nitrogen and oxygen atoms in total. The Bertz CT molecular complexity index is 318. The lowest BCUT2D eigenvalue weighted by Crippen LogP contribution is -2.28. The first-order chi connectivity index (χ1) is 6.27. The van der Waals surface area contributed by atoms with Crippen molar-refractivity contribution in [3.8, 4) is 0 Å². The standard InChI is InChI=1S/C10H13NOS/c1-7(12)11-9-3-2-4-10-8(9)5-6-13-10/h5-6,9H,2-4H2,1H3,(H,11,12)/t9-/m1/s1. The zero-order valence-electron chi connectivity index (χ0n) is 7.67. The Morgan fingerprint density at radius 2 is 2.54 bits per heavy atom. The molecule has 1 aromatic rings. The van der Waals surface area contributed by atoms with E-state index >= 15 is 0 Å². The van der Waals surface area contributed by atoms with Crippen molar-refractivity contribution in [1.29, 1.82) is 0 Å². The van der Waals surface area contributed by atoms with Gasteiger partial charge in [-0.1, -0.05) is 0 Å². The first-order valence-corrected chi connectivity index (χ1v) is 5.48. The van der Waals surface area contributed by atoms with E-state index in [1.165, 1.54) is 23.3 Å². The van der Waals surface area contributed by atoms with Crippen LogP contribution in [0.4, 0.5) is 0 Å². The highest BCUT2D eigenvalue weighted by molar-refractivity contribution is 7.10. The quantitative estimate of drug-likeness (QED) is 0.731. The summed E-state index contributed by atoms with van der Waals surface area (Å²) in [6.07, 6.45) is 3.46. The minimum Gasteiger partial charge on any atom is -0.350 e. The third-order valence-electron chi connectivity index (χ3n) is 2.43. The summed E-state index contributed by atoms with van der Waals surface area (Å²) in [6, 6.07) is 2.41. The SMILES string of the molecule is CC(=O)N[C@@H]1CCCc2sccc21. The van der Waals surface area contributed by atoms with Crippen LogP contribution in [-0.2, 0) is 11.2 Å². The fraction of sp³-hybridized carbons (Fsp3) is 0.500. The monoisotopic (exact) mass is 195 g/mol. The van der Waals surface area contributed by atoms with Gasteiger partial charge in [-0.2, -0.15) is 0 Å². The summed E-state index contributed by atoms with van der Waals surface area (Å²) >= 11 is 1.80. The summed E-state index contributed by atoms with van der Waals surface area (Å²) in [7, 11) is 0. The maximum absolute atomic E-state index is 10.9. The van der Waals surface area contributed by atoms with Crippen molar-refractivity contribution in [1.82, 2.24) is 5.32 Å². The molecule has 0 aliphatic heterocycles. The molecule has 1 amide bonds. The molecule has 3 heteroatoms. The number of hydrogen-bond acceptors (Lipinski definition) is 2. The molecule has 0 saturated carbocycles. The first-order valence-electron chi connectivity index (χ1n) is 4.61. The van der Waals surface area contributed by atoms with Gasteiger partial charge < -0.3 is 5.32 Å². The molecule has 0 unspecified atom stereocenters. The van der Waals surface area contributed by atoms with E-state index in [9.17, 15) is 4.79 Å². The first kappa shape index (κ1) is 8.75. The van der Waals surface area contributed by atoms with E-state index in [2.05, 4.69) is 16.8 Å². The molecule has 70 valence electrons. The summed E-state index contributed by atoms with van der Waals surface area (Å²) in [5.41, 5.74) is 1.34. The fourth-order valence-corrected chi connectivity index (χ4v) is 2.87.